The highest BCUT2D eigenvalue weighted by Crippen LogP contribution is 2.38. The summed E-state index contributed by atoms with van der Waals surface area (Å²) in [6.07, 6.45) is 3.53. The Balaban J connectivity index is 2.42. The summed E-state index contributed by atoms with van der Waals surface area (Å²) < 4.78 is 1.88. The van der Waals surface area contributed by atoms with E-state index >= 15 is 0 Å². The van der Waals surface area contributed by atoms with Crippen molar-refractivity contribution in [2.24, 2.45) is 12.8 Å². The van der Waals surface area contributed by atoms with E-state index in [1.54, 1.807) is 13.2 Å². The van der Waals surface area contributed by atoms with Gasteiger partial charge >= 0.3 is 0 Å². The second kappa shape index (κ2) is 5.57. The number of hydrogen-bond donors (Lipinski definition) is 2. The molecular formula is C13H17N5O2S. The van der Waals surface area contributed by atoms with Crippen molar-refractivity contribution in [3.8, 4) is 0 Å². The molecular weight excluding hydrogens is 290 g/mol. The van der Waals surface area contributed by atoms with Crippen LogP contribution >= 0.6 is 11.3 Å². The first-order valence-corrected chi connectivity index (χ1v) is 7.05. The zero-order valence-electron chi connectivity index (χ0n) is 12.1. The number of amides is 1. The number of nitrogen functional groups attached to an aromatic ring is 1. The van der Waals surface area contributed by atoms with Crippen molar-refractivity contribution in [3.05, 3.63) is 28.7 Å². The Morgan fingerprint density at radius 1 is 1.48 bits per heavy atom. The molecule has 0 saturated heterocycles. The van der Waals surface area contributed by atoms with Crippen LogP contribution in [0.25, 0.3) is 0 Å². The molecule has 0 bridgehead atoms. The first-order chi connectivity index (χ1) is 9.82. The van der Waals surface area contributed by atoms with Crippen LogP contribution in [0, 0.1) is 0 Å². The van der Waals surface area contributed by atoms with Gasteiger partial charge in [-0.1, -0.05) is 0 Å². The molecule has 1 amide bonds. The number of imidazole rings is 1. The lowest BCUT2D eigenvalue weighted by Crippen LogP contribution is -2.22. The molecule has 0 aromatic carbocycles. The highest BCUT2D eigenvalue weighted by atomic mass is 32.1. The maximum Gasteiger partial charge on any atom is 0.253 e. The largest absolute Gasteiger partial charge is 0.397 e. The first-order valence-electron chi connectivity index (χ1n) is 6.23. The van der Waals surface area contributed by atoms with Gasteiger partial charge in [-0.05, 0) is 0 Å². The van der Waals surface area contributed by atoms with E-state index in [-0.39, 0.29) is 17.0 Å². The molecule has 21 heavy (non-hydrogen) atoms. The molecule has 0 aliphatic rings. The summed E-state index contributed by atoms with van der Waals surface area (Å²) >= 11 is 1.17. The van der Waals surface area contributed by atoms with Crippen molar-refractivity contribution in [2.75, 3.05) is 17.7 Å². The summed E-state index contributed by atoms with van der Waals surface area (Å²) in [5.74, 6) is -0.00107. The molecule has 0 aliphatic heterocycles. The van der Waals surface area contributed by atoms with Gasteiger partial charge in [-0.2, -0.15) is 0 Å². The van der Waals surface area contributed by atoms with Gasteiger partial charge in [0.2, 0.25) is 0 Å². The third kappa shape index (κ3) is 2.75. The van der Waals surface area contributed by atoms with E-state index < -0.39 is 5.91 Å². The van der Waals surface area contributed by atoms with Gasteiger partial charge in [0.05, 0.1) is 22.7 Å². The Morgan fingerprint density at radius 3 is 2.62 bits per heavy atom. The molecule has 8 heteroatoms. The molecule has 0 fully saturated rings. The number of carbonyl (C=O) groups excluding carboxylic acids is 2. The van der Waals surface area contributed by atoms with Gasteiger partial charge in [0.15, 0.2) is 5.78 Å². The molecule has 0 aliphatic carbocycles. The number of rotatable bonds is 5. The lowest BCUT2D eigenvalue weighted by Gasteiger charge is -2.18. The van der Waals surface area contributed by atoms with Gasteiger partial charge in [-0.15, -0.1) is 11.3 Å². The topological polar surface area (TPSA) is 107 Å². The first kappa shape index (κ1) is 15.0. The van der Waals surface area contributed by atoms with Gasteiger partial charge in [0, 0.05) is 33.4 Å². The summed E-state index contributed by atoms with van der Waals surface area (Å²) in [7, 11) is 3.69. The molecule has 112 valence electrons. The van der Waals surface area contributed by atoms with E-state index in [1.807, 2.05) is 22.7 Å². The van der Waals surface area contributed by atoms with Crippen LogP contribution in [0.5, 0.6) is 0 Å². The van der Waals surface area contributed by atoms with Crippen LogP contribution in [-0.4, -0.2) is 28.3 Å². The van der Waals surface area contributed by atoms with Crippen LogP contribution < -0.4 is 16.4 Å². The van der Waals surface area contributed by atoms with Gasteiger partial charge in [0.1, 0.15) is 10.8 Å². The lowest BCUT2D eigenvalue weighted by atomic mass is 10.2. The Bertz CT molecular complexity index is 703. The Hall–Kier alpha value is -2.35. The van der Waals surface area contributed by atoms with Gasteiger partial charge in [-0.25, -0.2) is 4.98 Å². The van der Waals surface area contributed by atoms with Gasteiger partial charge in [0.25, 0.3) is 5.91 Å². The highest BCUT2D eigenvalue weighted by Gasteiger charge is 2.25. The number of ketones is 1. The van der Waals surface area contributed by atoms with Gasteiger partial charge in [-0.3, -0.25) is 9.59 Å². The second-order valence-corrected chi connectivity index (χ2v) is 5.75. The average molecular weight is 307 g/mol. The number of primary amides is 1. The predicted octanol–water partition coefficient (Wildman–Crippen LogP) is 1.00. The third-order valence-corrected chi connectivity index (χ3v) is 4.56. The molecule has 2 heterocycles. The van der Waals surface area contributed by atoms with E-state index in [9.17, 15) is 9.59 Å². The van der Waals surface area contributed by atoms with E-state index in [0.29, 0.717) is 16.4 Å². The molecule has 7 nitrogen and oxygen atoms in total. The number of Topliss-reactive ketones (excluding diaryl/α,β-unsaturated/α-hetero) is 1. The molecule has 0 unspecified atom stereocenters. The number of carbonyl (C=O) groups is 2. The molecule has 0 atom stereocenters. The minimum atomic E-state index is -0.641. The Labute approximate surface area is 126 Å². The average Bonchev–Trinajstić information content (AvgIpc) is 2.93. The molecule has 0 radical (unpaired) electrons. The lowest BCUT2D eigenvalue weighted by molar-refractivity contribution is 0.100. The SMILES string of the molecule is CC(=O)c1sc(N(C)Cc2nccn2C)c(C(N)=O)c1N. The highest BCUT2D eigenvalue weighted by molar-refractivity contribution is 7.19. The second-order valence-electron chi connectivity index (χ2n) is 4.76. The standard InChI is InChI=1S/C13H17N5O2S/c1-7(19)11-10(14)9(12(15)20)13(21-11)18(3)6-8-16-4-5-17(8)2/h4-5H,6,14H2,1-3H3,(H2,15,20). The van der Waals surface area contributed by atoms with Crippen LogP contribution in [0.2, 0.25) is 0 Å². The summed E-state index contributed by atoms with van der Waals surface area (Å²) in [4.78, 5) is 29.6. The van der Waals surface area contributed by atoms with Crippen molar-refractivity contribution < 1.29 is 9.59 Å². The molecule has 0 spiro atoms. The van der Waals surface area contributed by atoms with E-state index in [0.717, 1.165) is 5.82 Å². The predicted molar refractivity (Wildman–Crippen MR) is 82.6 cm³/mol. The maximum absolute atomic E-state index is 11.6. The number of aromatic nitrogens is 2. The summed E-state index contributed by atoms with van der Waals surface area (Å²) in [6.45, 7) is 1.89. The van der Waals surface area contributed by atoms with Crippen molar-refractivity contribution in [1.82, 2.24) is 9.55 Å². The van der Waals surface area contributed by atoms with Crippen LogP contribution in [0.15, 0.2) is 12.4 Å². The number of hydrogen-bond acceptors (Lipinski definition) is 6. The van der Waals surface area contributed by atoms with E-state index in [1.165, 1.54) is 18.3 Å². The number of thiophene rings is 1. The Morgan fingerprint density at radius 2 is 2.14 bits per heavy atom. The maximum atomic E-state index is 11.6. The summed E-state index contributed by atoms with van der Waals surface area (Å²) in [5.41, 5.74) is 11.6. The van der Waals surface area contributed by atoms with Crippen LogP contribution in [-0.2, 0) is 13.6 Å². The van der Waals surface area contributed by atoms with Crippen molar-refractivity contribution >= 4 is 33.7 Å². The number of nitrogens with zero attached hydrogens (tertiary/aromatic N) is 3. The third-order valence-electron chi connectivity index (χ3n) is 3.14. The van der Waals surface area contributed by atoms with E-state index in [2.05, 4.69) is 4.98 Å². The van der Waals surface area contributed by atoms with Crippen LogP contribution in [0.3, 0.4) is 0 Å². The minimum absolute atomic E-state index is 0.154. The zero-order chi connectivity index (χ0) is 15.7. The molecule has 0 saturated carbocycles. The van der Waals surface area contributed by atoms with Crippen molar-refractivity contribution in [1.29, 1.82) is 0 Å². The van der Waals surface area contributed by atoms with Gasteiger partial charge < -0.3 is 20.9 Å². The van der Waals surface area contributed by atoms with E-state index in [4.69, 9.17) is 11.5 Å². The monoisotopic (exact) mass is 307 g/mol. The van der Waals surface area contributed by atoms with Crippen molar-refractivity contribution in [2.45, 2.75) is 13.5 Å². The molecule has 4 N–H and O–H groups in total. The molecule has 2 aromatic heterocycles. The number of nitrogens with two attached hydrogens (primary N) is 2. The quantitative estimate of drug-likeness (QED) is 0.801. The summed E-state index contributed by atoms with van der Waals surface area (Å²) in [6, 6.07) is 0. The van der Waals surface area contributed by atoms with Crippen LogP contribution in [0.1, 0.15) is 32.8 Å². The minimum Gasteiger partial charge on any atom is -0.397 e. The number of aryl methyl sites for hydroxylation is 1. The smallest absolute Gasteiger partial charge is 0.253 e. The molecule has 2 rings (SSSR count). The van der Waals surface area contributed by atoms with Crippen molar-refractivity contribution in [3.63, 3.8) is 0 Å². The zero-order valence-corrected chi connectivity index (χ0v) is 12.9. The summed E-state index contributed by atoms with van der Waals surface area (Å²) in [5, 5.41) is 0.577. The Kier molecular flexibility index (Phi) is 3.99. The number of anilines is 2. The normalized spacial score (nSPS) is 10.6. The fraction of sp³-hybridized carbons (Fsp3) is 0.308. The fourth-order valence-electron chi connectivity index (χ4n) is 2.03. The molecule has 2 aromatic rings. The van der Waals surface area contributed by atoms with Crippen LogP contribution in [0.4, 0.5) is 10.7 Å². The fourth-order valence-corrected chi connectivity index (χ4v) is 3.11.